The molecule has 2 rings (SSSR count). The van der Waals surface area contributed by atoms with Crippen LogP contribution in [0.5, 0.6) is 0 Å². The van der Waals surface area contributed by atoms with Gasteiger partial charge in [0.05, 0.1) is 11.2 Å². The lowest BCUT2D eigenvalue weighted by Crippen LogP contribution is -2.10. The van der Waals surface area contributed by atoms with Gasteiger partial charge in [-0.15, -0.1) is 16.4 Å². The van der Waals surface area contributed by atoms with Gasteiger partial charge in [-0.25, -0.2) is 14.5 Å². The third-order valence-electron chi connectivity index (χ3n) is 2.20. The van der Waals surface area contributed by atoms with Crippen LogP contribution in [0, 0.1) is 6.92 Å². The molecule has 0 aliphatic heterocycles. The number of thiazole rings is 1. The van der Waals surface area contributed by atoms with Crippen molar-refractivity contribution in [2.24, 2.45) is 0 Å². The van der Waals surface area contributed by atoms with Gasteiger partial charge in [-0.1, -0.05) is 6.92 Å². The number of tetrazole rings is 1. The summed E-state index contributed by atoms with van der Waals surface area (Å²) in [5.74, 6) is 0.151. The van der Waals surface area contributed by atoms with Gasteiger partial charge >= 0.3 is 5.97 Å². The molecule has 2 aromatic rings. The molecule has 2 heterocycles. The average Bonchev–Trinajstić information content (AvgIpc) is 2.96. The lowest BCUT2D eigenvalue weighted by atomic mass is 10.5. The van der Waals surface area contributed by atoms with E-state index in [0.29, 0.717) is 17.2 Å². The minimum atomic E-state index is -0.397. The van der Waals surface area contributed by atoms with Crippen molar-refractivity contribution in [1.29, 1.82) is 0 Å². The smallest absolute Gasteiger partial charge is 0.350 e. The van der Waals surface area contributed by atoms with Crippen molar-refractivity contribution in [3.8, 4) is 0 Å². The van der Waals surface area contributed by atoms with Gasteiger partial charge in [0.2, 0.25) is 0 Å². The van der Waals surface area contributed by atoms with Crippen molar-refractivity contribution in [2.45, 2.75) is 33.4 Å². The highest BCUT2D eigenvalue weighted by Gasteiger charge is 2.13. The highest BCUT2D eigenvalue weighted by Crippen LogP contribution is 2.13. The second-order valence-electron chi connectivity index (χ2n) is 3.64. The Morgan fingerprint density at radius 1 is 1.56 bits per heavy atom. The van der Waals surface area contributed by atoms with Crippen molar-refractivity contribution >= 4 is 17.3 Å². The van der Waals surface area contributed by atoms with E-state index in [4.69, 9.17) is 4.74 Å². The molecule has 2 aromatic heterocycles. The first-order chi connectivity index (χ1) is 8.70. The Bertz CT molecular complexity index is 536. The Hall–Kier alpha value is -1.83. The van der Waals surface area contributed by atoms with E-state index in [1.54, 1.807) is 4.68 Å². The maximum atomic E-state index is 11.7. The molecule has 96 valence electrons. The molecule has 8 heteroatoms. The zero-order valence-corrected chi connectivity index (χ0v) is 11.0. The summed E-state index contributed by atoms with van der Waals surface area (Å²) in [7, 11) is 0. The largest absolute Gasteiger partial charge is 0.453 e. The zero-order chi connectivity index (χ0) is 13.0. The second-order valence-corrected chi connectivity index (χ2v) is 4.87. The maximum absolute atomic E-state index is 11.7. The molecule has 0 saturated heterocycles. The number of carbonyl (C=O) groups is 1. The molecule has 0 unspecified atom stereocenters. The summed E-state index contributed by atoms with van der Waals surface area (Å²) in [6.07, 6.45) is 2.43. The third kappa shape index (κ3) is 2.89. The number of rotatable bonds is 5. The van der Waals surface area contributed by atoms with Crippen LogP contribution < -0.4 is 0 Å². The first-order valence-corrected chi connectivity index (χ1v) is 6.37. The molecule has 0 aliphatic rings. The number of ether oxygens (including phenoxy) is 1. The van der Waals surface area contributed by atoms with Crippen molar-refractivity contribution in [1.82, 2.24) is 25.2 Å². The van der Waals surface area contributed by atoms with Crippen LogP contribution in [0.3, 0.4) is 0 Å². The fourth-order valence-corrected chi connectivity index (χ4v) is 2.04. The summed E-state index contributed by atoms with van der Waals surface area (Å²) < 4.78 is 6.77. The molecule has 7 nitrogen and oxygen atoms in total. The Morgan fingerprint density at radius 2 is 2.39 bits per heavy atom. The monoisotopic (exact) mass is 267 g/mol. The van der Waals surface area contributed by atoms with Crippen molar-refractivity contribution in [3.63, 3.8) is 0 Å². The van der Waals surface area contributed by atoms with Crippen molar-refractivity contribution in [3.05, 3.63) is 21.9 Å². The summed E-state index contributed by atoms with van der Waals surface area (Å²) in [5.41, 5.74) is 0. The standard InChI is InChI=1S/C10H13N5O2S/c1-3-4-15-9(12-13-14-15)6-17-10(16)8-5-11-7(2)18-8/h5H,3-4,6H2,1-2H3. The second kappa shape index (κ2) is 5.67. The number of carbonyl (C=O) groups excluding carboxylic acids is 1. The first kappa shape index (κ1) is 12.6. The Morgan fingerprint density at radius 3 is 3.06 bits per heavy atom. The number of nitrogens with zero attached hydrogens (tertiary/aromatic N) is 5. The summed E-state index contributed by atoms with van der Waals surface area (Å²) in [5, 5.41) is 12.0. The van der Waals surface area contributed by atoms with Crippen LogP contribution in [-0.2, 0) is 17.9 Å². The molecule has 0 amide bonds. The van der Waals surface area contributed by atoms with Crippen LogP contribution >= 0.6 is 11.3 Å². The topological polar surface area (TPSA) is 82.8 Å². The number of hydrogen-bond donors (Lipinski definition) is 0. The number of esters is 1. The molecule has 0 fully saturated rings. The molecule has 0 saturated carbocycles. The van der Waals surface area contributed by atoms with Gasteiger partial charge in [0, 0.05) is 6.54 Å². The van der Waals surface area contributed by atoms with Crippen LogP contribution in [0.2, 0.25) is 0 Å². The molecule has 0 radical (unpaired) electrons. The van der Waals surface area contributed by atoms with E-state index in [1.807, 2.05) is 13.8 Å². The molecule has 0 spiro atoms. The van der Waals surface area contributed by atoms with E-state index in [9.17, 15) is 4.79 Å². The number of aryl methyl sites for hydroxylation is 2. The Labute approximate surface area is 108 Å². The van der Waals surface area contributed by atoms with Crippen LogP contribution in [0.4, 0.5) is 0 Å². The molecule has 0 aromatic carbocycles. The predicted molar refractivity (Wildman–Crippen MR) is 64.1 cm³/mol. The molecular weight excluding hydrogens is 254 g/mol. The van der Waals surface area contributed by atoms with E-state index < -0.39 is 5.97 Å². The first-order valence-electron chi connectivity index (χ1n) is 5.55. The lowest BCUT2D eigenvalue weighted by molar-refractivity contribution is 0.0462. The highest BCUT2D eigenvalue weighted by atomic mass is 32.1. The van der Waals surface area contributed by atoms with Gasteiger partial charge in [0.15, 0.2) is 12.4 Å². The molecule has 0 bridgehead atoms. The molecule has 0 N–H and O–H groups in total. The summed E-state index contributed by atoms with van der Waals surface area (Å²) in [4.78, 5) is 16.2. The zero-order valence-electron chi connectivity index (χ0n) is 10.2. The van der Waals surface area contributed by atoms with Crippen LogP contribution in [0.25, 0.3) is 0 Å². The van der Waals surface area contributed by atoms with Crippen LogP contribution in [-0.4, -0.2) is 31.2 Å². The van der Waals surface area contributed by atoms with Crippen molar-refractivity contribution in [2.75, 3.05) is 0 Å². The Balaban J connectivity index is 1.95. The lowest BCUT2D eigenvalue weighted by Gasteiger charge is -2.03. The highest BCUT2D eigenvalue weighted by molar-refractivity contribution is 7.13. The van der Waals surface area contributed by atoms with Gasteiger partial charge in [-0.3, -0.25) is 0 Å². The van der Waals surface area contributed by atoms with E-state index in [1.165, 1.54) is 17.5 Å². The average molecular weight is 267 g/mol. The fraction of sp³-hybridized carbons (Fsp3) is 0.500. The van der Waals surface area contributed by atoms with Gasteiger partial charge < -0.3 is 4.74 Å². The van der Waals surface area contributed by atoms with Gasteiger partial charge in [-0.2, -0.15) is 0 Å². The fourth-order valence-electron chi connectivity index (χ4n) is 1.37. The van der Waals surface area contributed by atoms with Crippen molar-refractivity contribution < 1.29 is 9.53 Å². The molecule has 0 aliphatic carbocycles. The quantitative estimate of drug-likeness (QED) is 0.757. The van der Waals surface area contributed by atoms with E-state index in [2.05, 4.69) is 20.5 Å². The number of aromatic nitrogens is 5. The summed E-state index contributed by atoms with van der Waals surface area (Å²) >= 11 is 1.30. The minimum absolute atomic E-state index is 0.0722. The normalized spacial score (nSPS) is 10.6. The number of hydrogen-bond acceptors (Lipinski definition) is 7. The van der Waals surface area contributed by atoms with E-state index in [0.717, 1.165) is 11.4 Å². The molecule has 0 atom stereocenters. The summed E-state index contributed by atoms with van der Waals surface area (Å²) in [6, 6.07) is 0. The minimum Gasteiger partial charge on any atom is -0.453 e. The molecular formula is C10H13N5O2S. The van der Waals surface area contributed by atoms with E-state index in [-0.39, 0.29) is 6.61 Å². The van der Waals surface area contributed by atoms with Gasteiger partial charge in [-0.05, 0) is 23.8 Å². The van der Waals surface area contributed by atoms with Crippen LogP contribution in [0.15, 0.2) is 6.20 Å². The SMILES string of the molecule is CCCn1nnnc1COC(=O)c1cnc(C)s1. The third-order valence-corrected chi connectivity index (χ3v) is 3.09. The Kier molecular flexibility index (Phi) is 3.98. The maximum Gasteiger partial charge on any atom is 0.350 e. The predicted octanol–water partition coefficient (Wildman–Crippen LogP) is 1.21. The van der Waals surface area contributed by atoms with Gasteiger partial charge in [0.25, 0.3) is 0 Å². The summed E-state index contributed by atoms with van der Waals surface area (Å²) in [6.45, 7) is 4.64. The van der Waals surface area contributed by atoms with E-state index >= 15 is 0 Å². The van der Waals surface area contributed by atoms with Gasteiger partial charge in [0.1, 0.15) is 4.88 Å². The molecule has 18 heavy (non-hydrogen) atoms. The van der Waals surface area contributed by atoms with Crippen LogP contribution in [0.1, 0.15) is 33.8 Å².